The highest BCUT2D eigenvalue weighted by atomic mass is 16.5. The van der Waals surface area contributed by atoms with Crippen molar-refractivity contribution in [1.29, 1.82) is 0 Å². The van der Waals surface area contributed by atoms with E-state index in [0.717, 1.165) is 0 Å². The van der Waals surface area contributed by atoms with Gasteiger partial charge in [-0.1, -0.05) is 72.8 Å². The molecule has 5 aromatic carbocycles. The zero-order valence-electron chi connectivity index (χ0n) is 28.8. The Morgan fingerprint density at radius 1 is 0.464 bits per heavy atom. The summed E-state index contributed by atoms with van der Waals surface area (Å²) in [5.41, 5.74) is -1.48. The van der Waals surface area contributed by atoms with Gasteiger partial charge in [-0.05, 0) is 59.7 Å². The third-order valence-corrected chi connectivity index (χ3v) is 10.4. The van der Waals surface area contributed by atoms with Crippen molar-refractivity contribution in [2.75, 3.05) is 0 Å². The number of Topliss-reactive ketones (excluding diaryl/α,β-unsaturated/α-hetero) is 2. The average Bonchev–Trinajstić information content (AvgIpc) is 3.20. The molecular formula is C44H26O12. The van der Waals surface area contributed by atoms with Crippen LogP contribution in [0.5, 0.6) is 23.0 Å². The van der Waals surface area contributed by atoms with Crippen LogP contribution in [0, 0.1) is 11.8 Å². The van der Waals surface area contributed by atoms with E-state index in [1.54, 1.807) is 36.4 Å². The molecule has 7 aromatic rings. The van der Waals surface area contributed by atoms with Crippen LogP contribution in [-0.2, 0) is 9.59 Å². The van der Waals surface area contributed by atoms with Gasteiger partial charge >= 0.3 is 23.2 Å². The van der Waals surface area contributed by atoms with Crippen molar-refractivity contribution in [3.05, 3.63) is 176 Å². The van der Waals surface area contributed by atoms with Gasteiger partial charge in [0.05, 0.1) is 33.0 Å². The van der Waals surface area contributed by atoms with Crippen molar-refractivity contribution in [3.8, 4) is 23.0 Å². The Labute approximate surface area is 314 Å². The number of benzene rings is 5. The first-order valence-electron chi connectivity index (χ1n) is 17.4. The van der Waals surface area contributed by atoms with Crippen molar-refractivity contribution >= 4 is 45.4 Å². The number of phenolic OH excluding ortho intramolecular Hbond substituents is 2. The van der Waals surface area contributed by atoms with E-state index in [0.29, 0.717) is 10.8 Å². The van der Waals surface area contributed by atoms with Crippen LogP contribution in [0.3, 0.4) is 0 Å². The second-order valence-electron chi connectivity index (χ2n) is 13.4. The molecular weight excluding hydrogens is 720 g/mol. The molecule has 274 valence electrons. The van der Waals surface area contributed by atoms with E-state index in [2.05, 4.69) is 0 Å². The zero-order valence-corrected chi connectivity index (χ0v) is 28.8. The minimum atomic E-state index is -1.66. The van der Waals surface area contributed by atoms with Crippen LogP contribution in [0.1, 0.15) is 54.8 Å². The van der Waals surface area contributed by atoms with Gasteiger partial charge in [0.25, 0.3) is 0 Å². The molecule has 12 heteroatoms. The van der Waals surface area contributed by atoms with Crippen LogP contribution in [0.2, 0.25) is 0 Å². The highest BCUT2D eigenvalue weighted by Crippen LogP contribution is 2.48. The summed E-state index contributed by atoms with van der Waals surface area (Å²) in [7, 11) is 0. The van der Waals surface area contributed by atoms with Crippen molar-refractivity contribution in [2.24, 2.45) is 11.8 Å². The van der Waals surface area contributed by atoms with Crippen LogP contribution >= 0.6 is 0 Å². The van der Waals surface area contributed by atoms with E-state index in [1.807, 2.05) is 0 Å². The Hall–Kier alpha value is -7.60. The maximum atomic E-state index is 14.2. The summed E-state index contributed by atoms with van der Waals surface area (Å²) < 4.78 is 22.8. The average molecular weight is 747 g/mol. The number of ether oxygens (including phenoxy) is 2. The number of ketones is 2. The topological polar surface area (TPSA) is 188 Å². The van der Waals surface area contributed by atoms with Crippen molar-refractivity contribution in [2.45, 2.75) is 11.8 Å². The molecule has 56 heavy (non-hydrogen) atoms. The van der Waals surface area contributed by atoms with Gasteiger partial charge in [0, 0.05) is 11.8 Å². The molecule has 9 rings (SSSR count). The van der Waals surface area contributed by atoms with Crippen LogP contribution in [0.15, 0.2) is 140 Å². The van der Waals surface area contributed by atoms with Crippen LogP contribution in [0.25, 0.3) is 21.9 Å². The number of phenols is 2. The fourth-order valence-corrected chi connectivity index (χ4v) is 7.81. The number of hydrogen-bond acceptors (Lipinski definition) is 12. The molecule has 2 aliphatic heterocycles. The van der Waals surface area contributed by atoms with Gasteiger partial charge in [0.1, 0.15) is 34.5 Å². The molecule has 2 aromatic heterocycles. The molecule has 0 amide bonds. The molecule has 0 fully saturated rings. The molecule has 2 N–H and O–H groups in total. The lowest BCUT2D eigenvalue weighted by molar-refractivity contribution is -0.139. The highest BCUT2D eigenvalue weighted by Gasteiger charge is 2.49. The fraction of sp³-hybridized carbons (Fsp3) is 0.0909. The van der Waals surface area contributed by atoms with Crippen LogP contribution in [-0.4, -0.2) is 33.7 Å². The number of aromatic hydroxyl groups is 2. The number of rotatable bonds is 6. The van der Waals surface area contributed by atoms with E-state index in [4.69, 9.17) is 18.3 Å². The molecule has 4 heterocycles. The van der Waals surface area contributed by atoms with E-state index in [1.165, 1.54) is 84.9 Å². The SMILES string of the molecule is O=C1Oc2c(c(=O)oc3ccccc23)C(c2ccc(C3c4c(c5ccccc5oc4=O)OC(=O)C3C(=O)c3ccccc3O)cc2)C1C(=O)c1ccccc1O. The van der Waals surface area contributed by atoms with E-state index >= 15 is 0 Å². The van der Waals surface area contributed by atoms with Gasteiger partial charge in [0.2, 0.25) is 0 Å². The Morgan fingerprint density at radius 2 is 0.821 bits per heavy atom. The predicted molar refractivity (Wildman–Crippen MR) is 198 cm³/mol. The first-order valence-corrected chi connectivity index (χ1v) is 17.4. The standard InChI is InChI=1S/C44H26O12/c45-27-13-5-1-9-23(27)37(47)33-31(35-39(55-41(33)49)25-11-3-7-15-29(25)53-43(35)51)21-17-19-22(20-18-21)32-34(38(48)24-10-2-6-14-28(24)46)42(50)56-40-26-12-4-8-16-30(26)54-44(52)36(32)40/h1-20,31-34,45-46H. The Kier molecular flexibility index (Phi) is 7.97. The van der Waals surface area contributed by atoms with Gasteiger partial charge in [-0.2, -0.15) is 0 Å². The van der Waals surface area contributed by atoms with Crippen molar-refractivity contribution in [3.63, 3.8) is 0 Å². The molecule has 4 unspecified atom stereocenters. The number of esters is 2. The predicted octanol–water partition coefficient (Wildman–Crippen LogP) is 6.41. The quantitative estimate of drug-likeness (QED) is 0.0825. The third-order valence-electron chi connectivity index (χ3n) is 10.4. The van der Waals surface area contributed by atoms with E-state index in [-0.39, 0.29) is 67.5 Å². The molecule has 0 spiro atoms. The summed E-state index contributed by atoms with van der Waals surface area (Å²) in [5, 5.41) is 21.9. The molecule has 0 saturated heterocycles. The molecule has 2 aliphatic rings. The Bertz CT molecular complexity index is 2740. The monoisotopic (exact) mass is 746 g/mol. The van der Waals surface area contributed by atoms with Crippen LogP contribution in [0.4, 0.5) is 0 Å². The maximum Gasteiger partial charge on any atom is 0.343 e. The molecule has 12 nitrogen and oxygen atoms in total. The fourth-order valence-electron chi connectivity index (χ4n) is 7.81. The second-order valence-corrected chi connectivity index (χ2v) is 13.4. The molecule has 0 radical (unpaired) electrons. The molecule has 0 bridgehead atoms. The summed E-state index contributed by atoms with van der Waals surface area (Å²) in [6, 6.07) is 30.2. The second kappa shape index (κ2) is 13.1. The van der Waals surface area contributed by atoms with Gasteiger partial charge in [0.15, 0.2) is 23.1 Å². The van der Waals surface area contributed by atoms with Gasteiger partial charge in [-0.15, -0.1) is 0 Å². The zero-order chi connectivity index (χ0) is 38.8. The third kappa shape index (κ3) is 5.29. The van der Waals surface area contributed by atoms with Crippen molar-refractivity contribution < 1.29 is 47.7 Å². The van der Waals surface area contributed by atoms with Crippen LogP contribution < -0.4 is 20.7 Å². The number of para-hydroxylation sites is 4. The lowest BCUT2D eigenvalue weighted by atomic mass is 9.73. The smallest absolute Gasteiger partial charge is 0.343 e. The molecule has 0 aliphatic carbocycles. The van der Waals surface area contributed by atoms with E-state index < -0.39 is 58.4 Å². The Balaban J connectivity index is 1.24. The summed E-state index contributed by atoms with van der Waals surface area (Å²) in [5.74, 6) is -10.4. The number of carbonyl (C=O) groups excluding carboxylic acids is 4. The maximum absolute atomic E-state index is 14.2. The Morgan fingerprint density at radius 3 is 1.21 bits per heavy atom. The van der Waals surface area contributed by atoms with Gasteiger partial charge in [-0.25, -0.2) is 9.59 Å². The first-order chi connectivity index (χ1) is 27.1. The largest absolute Gasteiger partial charge is 0.507 e. The normalized spacial score (nSPS) is 18.8. The van der Waals surface area contributed by atoms with Crippen molar-refractivity contribution in [1.82, 2.24) is 0 Å². The van der Waals surface area contributed by atoms with E-state index in [9.17, 15) is 39.0 Å². The van der Waals surface area contributed by atoms with Gasteiger partial charge < -0.3 is 28.5 Å². The summed E-state index contributed by atoms with van der Waals surface area (Å²) in [6.07, 6.45) is 0. The summed E-state index contributed by atoms with van der Waals surface area (Å²) in [4.78, 5) is 83.7. The number of carbonyl (C=O) groups is 4. The molecule has 4 atom stereocenters. The minimum Gasteiger partial charge on any atom is -0.507 e. The minimum absolute atomic E-state index is 0.0842. The highest BCUT2D eigenvalue weighted by molar-refractivity contribution is 6.14. The lowest BCUT2D eigenvalue weighted by Gasteiger charge is -2.32. The number of fused-ring (bicyclic) bond motifs is 6. The first kappa shape index (κ1) is 34.2. The summed E-state index contributed by atoms with van der Waals surface area (Å²) in [6.45, 7) is 0. The van der Waals surface area contributed by atoms with Gasteiger partial charge in [-0.3, -0.25) is 19.2 Å². The summed E-state index contributed by atoms with van der Waals surface area (Å²) >= 11 is 0. The lowest BCUT2D eigenvalue weighted by Crippen LogP contribution is -2.41. The number of hydrogen-bond donors (Lipinski definition) is 2. The molecule has 0 saturated carbocycles.